The third-order valence-electron chi connectivity index (χ3n) is 3.49. The molecule has 1 aliphatic rings. The molecule has 0 radical (unpaired) electrons. The van der Waals surface area contributed by atoms with Gasteiger partial charge in [0.05, 0.1) is 18.7 Å². The van der Waals surface area contributed by atoms with E-state index in [4.69, 9.17) is 4.74 Å². The Labute approximate surface area is 112 Å². The summed E-state index contributed by atoms with van der Waals surface area (Å²) < 4.78 is 4.70. The third-order valence-corrected chi connectivity index (χ3v) is 3.49. The van der Waals surface area contributed by atoms with Crippen LogP contribution in [-0.2, 0) is 20.7 Å². The number of aromatic amines is 1. The van der Waals surface area contributed by atoms with E-state index in [2.05, 4.69) is 10.2 Å². The summed E-state index contributed by atoms with van der Waals surface area (Å²) in [6.07, 6.45) is 0.931. The summed E-state index contributed by atoms with van der Waals surface area (Å²) in [5, 5.41) is 7.05. The standard InChI is InChI=1S/C13H19N3O3/c1-8-4-11(15-14-8)5-9(2)16-7-10(6-12(16)17)13(18)19-3/h4,9-10H,5-7H2,1-3H3,(H,14,15). The maximum Gasteiger partial charge on any atom is 0.310 e. The highest BCUT2D eigenvalue weighted by Crippen LogP contribution is 2.22. The van der Waals surface area contributed by atoms with Crippen molar-refractivity contribution in [3.05, 3.63) is 17.5 Å². The molecule has 1 aliphatic heterocycles. The molecule has 1 aromatic rings. The number of likely N-dealkylation sites (tertiary alicyclic amines) is 1. The van der Waals surface area contributed by atoms with Crippen molar-refractivity contribution in [2.75, 3.05) is 13.7 Å². The van der Waals surface area contributed by atoms with Crippen LogP contribution >= 0.6 is 0 Å². The highest BCUT2D eigenvalue weighted by Gasteiger charge is 2.37. The second-order valence-corrected chi connectivity index (χ2v) is 5.07. The molecule has 0 saturated carbocycles. The second kappa shape index (κ2) is 5.42. The molecule has 0 aromatic carbocycles. The van der Waals surface area contributed by atoms with Crippen LogP contribution in [0.4, 0.5) is 0 Å². The second-order valence-electron chi connectivity index (χ2n) is 5.07. The lowest BCUT2D eigenvalue weighted by atomic mass is 10.1. The number of hydrogen-bond donors (Lipinski definition) is 1. The Bertz CT molecular complexity index is 483. The van der Waals surface area contributed by atoms with Crippen molar-refractivity contribution in [3.8, 4) is 0 Å². The van der Waals surface area contributed by atoms with Gasteiger partial charge in [-0.3, -0.25) is 14.7 Å². The number of amides is 1. The third kappa shape index (κ3) is 2.94. The molecule has 1 aromatic heterocycles. The summed E-state index contributed by atoms with van der Waals surface area (Å²) in [6, 6.07) is 2.00. The quantitative estimate of drug-likeness (QED) is 0.812. The highest BCUT2D eigenvalue weighted by molar-refractivity contribution is 5.86. The lowest BCUT2D eigenvalue weighted by Crippen LogP contribution is -2.36. The van der Waals surface area contributed by atoms with Crippen LogP contribution in [0.15, 0.2) is 6.07 Å². The van der Waals surface area contributed by atoms with Crippen LogP contribution in [0, 0.1) is 12.8 Å². The number of nitrogens with one attached hydrogen (secondary N) is 1. The molecular formula is C13H19N3O3. The molecule has 2 atom stereocenters. The van der Waals surface area contributed by atoms with Gasteiger partial charge >= 0.3 is 5.97 Å². The maximum absolute atomic E-state index is 11.9. The van der Waals surface area contributed by atoms with E-state index < -0.39 is 0 Å². The van der Waals surface area contributed by atoms with E-state index in [1.807, 2.05) is 19.9 Å². The van der Waals surface area contributed by atoms with E-state index in [0.29, 0.717) is 13.0 Å². The fourth-order valence-corrected chi connectivity index (χ4v) is 2.47. The minimum absolute atomic E-state index is 0.00941. The molecule has 104 valence electrons. The average molecular weight is 265 g/mol. The number of methoxy groups -OCH3 is 1. The van der Waals surface area contributed by atoms with Gasteiger partial charge in [0, 0.05) is 31.1 Å². The van der Waals surface area contributed by atoms with E-state index in [1.54, 1.807) is 4.90 Å². The molecule has 2 heterocycles. The summed E-state index contributed by atoms with van der Waals surface area (Å²) in [5.74, 6) is -0.630. The maximum atomic E-state index is 11.9. The Hall–Kier alpha value is -1.85. The zero-order valence-corrected chi connectivity index (χ0v) is 11.5. The fourth-order valence-electron chi connectivity index (χ4n) is 2.47. The molecule has 1 fully saturated rings. The van der Waals surface area contributed by atoms with Crippen LogP contribution in [0.1, 0.15) is 24.7 Å². The molecule has 2 unspecified atom stereocenters. The van der Waals surface area contributed by atoms with Crippen molar-refractivity contribution in [3.63, 3.8) is 0 Å². The number of aryl methyl sites for hydroxylation is 1. The molecule has 1 amide bonds. The van der Waals surface area contributed by atoms with Gasteiger partial charge in [-0.05, 0) is 19.9 Å². The first-order valence-electron chi connectivity index (χ1n) is 6.39. The van der Waals surface area contributed by atoms with Gasteiger partial charge in [-0.15, -0.1) is 0 Å². The number of H-pyrrole nitrogens is 1. The number of hydrogen-bond acceptors (Lipinski definition) is 4. The predicted octanol–water partition coefficient (Wildman–Crippen LogP) is 0.671. The van der Waals surface area contributed by atoms with Crippen molar-refractivity contribution in [2.45, 2.75) is 32.7 Å². The monoisotopic (exact) mass is 265 g/mol. The van der Waals surface area contributed by atoms with Crippen LogP contribution < -0.4 is 0 Å². The van der Waals surface area contributed by atoms with E-state index in [1.165, 1.54) is 7.11 Å². The highest BCUT2D eigenvalue weighted by atomic mass is 16.5. The van der Waals surface area contributed by atoms with Crippen LogP contribution in [0.25, 0.3) is 0 Å². The van der Waals surface area contributed by atoms with Crippen LogP contribution in [-0.4, -0.2) is 46.7 Å². The number of carbonyl (C=O) groups is 2. The first-order valence-corrected chi connectivity index (χ1v) is 6.39. The first-order chi connectivity index (χ1) is 9.01. The number of aromatic nitrogens is 2. The minimum Gasteiger partial charge on any atom is -0.469 e. The summed E-state index contributed by atoms with van der Waals surface area (Å²) in [5.41, 5.74) is 1.93. The Morgan fingerprint density at radius 3 is 3.00 bits per heavy atom. The van der Waals surface area contributed by atoms with Gasteiger partial charge in [-0.25, -0.2) is 0 Å². The SMILES string of the molecule is COC(=O)C1CC(=O)N(C(C)Cc2cc(C)[nH]n2)C1. The number of carbonyl (C=O) groups excluding carboxylic acids is 2. The topological polar surface area (TPSA) is 75.3 Å². The summed E-state index contributed by atoms with van der Waals surface area (Å²) in [4.78, 5) is 25.1. The average Bonchev–Trinajstić information content (AvgIpc) is 2.94. The minimum atomic E-state index is -0.333. The van der Waals surface area contributed by atoms with Crippen molar-refractivity contribution in [2.24, 2.45) is 5.92 Å². The van der Waals surface area contributed by atoms with E-state index >= 15 is 0 Å². The van der Waals surface area contributed by atoms with Gasteiger partial charge in [0.15, 0.2) is 0 Å². The Balaban J connectivity index is 1.98. The van der Waals surface area contributed by atoms with E-state index in [0.717, 1.165) is 11.4 Å². The lowest BCUT2D eigenvalue weighted by Gasteiger charge is -2.23. The molecule has 0 spiro atoms. The Kier molecular flexibility index (Phi) is 3.87. The molecule has 6 heteroatoms. The van der Waals surface area contributed by atoms with Crippen molar-refractivity contribution in [1.29, 1.82) is 0 Å². The van der Waals surface area contributed by atoms with Crippen LogP contribution in [0.5, 0.6) is 0 Å². The van der Waals surface area contributed by atoms with Gasteiger partial charge in [-0.2, -0.15) is 5.10 Å². The van der Waals surface area contributed by atoms with Gasteiger partial charge in [0.1, 0.15) is 0 Å². The number of ether oxygens (including phenoxy) is 1. The fraction of sp³-hybridized carbons (Fsp3) is 0.615. The van der Waals surface area contributed by atoms with E-state index in [9.17, 15) is 9.59 Å². The molecule has 6 nitrogen and oxygen atoms in total. The Morgan fingerprint density at radius 1 is 1.68 bits per heavy atom. The van der Waals surface area contributed by atoms with Gasteiger partial charge in [0.2, 0.25) is 5.91 Å². The normalized spacial score (nSPS) is 20.7. The van der Waals surface area contributed by atoms with Crippen LogP contribution in [0.3, 0.4) is 0 Å². The predicted molar refractivity (Wildman–Crippen MR) is 68.3 cm³/mol. The molecule has 19 heavy (non-hydrogen) atoms. The summed E-state index contributed by atoms with van der Waals surface area (Å²) >= 11 is 0. The summed E-state index contributed by atoms with van der Waals surface area (Å²) in [6.45, 7) is 4.35. The molecule has 2 rings (SSSR count). The molecule has 0 bridgehead atoms. The largest absolute Gasteiger partial charge is 0.469 e. The van der Waals surface area contributed by atoms with Crippen LogP contribution in [0.2, 0.25) is 0 Å². The first kappa shape index (κ1) is 13.6. The molecule has 1 saturated heterocycles. The van der Waals surface area contributed by atoms with E-state index in [-0.39, 0.29) is 30.3 Å². The lowest BCUT2D eigenvalue weighted by molar-refractivity contribution is -0.145. The van der Waals surface area contributed by atoms with Crippen molar-refractivity contribution < 1.29 is 14.3 Å². The smallest absolute Gasteiger partial charge is 0.310 e. The number of rotatable bonds is 4. The molecule has 1 N–H and O–H groups in total. The van der Waals surface area contributed by atoms with Crippen molar-refractivity contribution in [1.82, 2.24) is 15.1 Å². The number of nitrogens with zero attached hydrogens (tertiary/aromatic N) is 2. The van der Waals surface area contributed by atoms with Gasteiger partial charge in [0.25, 0.3) is 0 Å². The van der Waals surface area contributed by atoms with Gasteiger partial charge < -0.3 is 9.64 Å². The Morgan fingerprint density at radius 2 is 2.42 bits per heavy atom. The zero-order chi connectivity index (χ0) is 14.0. The molecule has 0 aliphatic carbocycles. The van der Waals surface area contributed by atoms with Gasteiger partial charge in [-0.1, -0.05) is 0 Å². The molecular weight excluding hydrogens is 246 g/mol. The summed E-state index contributed by atoms with van der Waals surface area (Å²) in [7, 11) is 1.35. The zero-order valence-electron chi connectivity index (χ0n) is 11.5. The van der Waals surface area contributed by atoms with Crippen molar-refractivity contribution >= 4 is 11.9 Å². The number of esters is 1.